The fourth-order valence-electron chi connectivity index (χ4n) is 3.25. The van der Waals surface area contributed by atoms with Crippen molar-refractivity contribution >= 4 is 16.9 Å². The van der Waals surface area contributed by atoms with Crippen LogP contribution in [0.5, 0.6) is 5.75 Å². The Bertz CT molecular complexity index is 720. The standard InChI is InChI=1S/C16H20N2O4/c1-16(21)5-3-4-11(8-16)18-9-10-6-12(15(19)20)14(22-2)7-13(10)17-18/h6-7,9,11,21H,3-5,8H2,1-2H3,(H,19,20)/t11?,16-/m1/s1. The molecule has 118 valence electrons. The van der Waals surface area contributed by atoms with E-state index < -0.39 is 11.6 Å². The summed E-state index contributed by atoms with van der Waals surface area (Å²) in [6.45, 7) is 1.86. The molecular formula is C16H20N2O4. The Labute approximate surface area is 128 Å². The number of fused-ring (bicyclic) bond motifs is 1. The van der Waals surface area contributed by atoms with Gasteiger partial charge < -0.3 is 14.9 Å². The van der Waals surface area contributed by atoms with Crippen molar-refractivity contribution in [3.05, 3.63) is 23.9 Å². The molecule has 1 heterocycles. The molecule has 0 bridgehead atoms. The van der Waals surface area contributed by atoms with Crippen molar-refractivity contribution in [2.24, 2.45) is 0 Å². The summed E-state index contributed by atoms with van der Waals surface area (Å²) < 4.78 is 6.98. The third-order valence-corrected chi connectivity index (χ3v) is 4.38. The normalized spacial score (nSPS) is 25.3. The lowest BCUT2D eigenvalue weighted by atomic mass is 9.83. The quantitative estimate of drug-likeness (QED) is 0.910. The second kappa shape index (κ2) is 5.28. The third kappa shape index (κ3) is 2.66. The molecule has 0 amide bonds. The number of methoxy groups -OCH3 is 1. The zero-order chi connectivity index (χ0) is 15.9. The lowest BCUT2D eigenvalue weighted by molar-refractivity contribution is 0.00191. The number of nitrogens with zero attached hydrogens (tertiary/aromatic N) is 2. The maximum atomic E-state index is 11.3. The molecule has 0 spiro atoms. The first kappa shape index (κ1) is 14.8. The van der Waals surface area contributed by atoms with Crippen LogP contribution in [0.1, 0.15) is 49.0 Å². The molecule has 1 saturated carbocycles. The molecule has 22 heavy (non-hydrogen) atoms. The summed E-state index contributed by atoms with van der Waals surface area (Å²) in [5, 5.41) is 24.8. The van der Waals surface area contributed by atoms with Gasteiger partial charge in [-0.15, -0.1) is 0 Å². The zero-order valence-electron chi connectivity index (χ0n) is 12.7. The Balaban J connectivity index is 2.01. The SMILES string of the molecule is COc1cc2nn(C3CCC[C@@](C)(O)C3)cc2cc1C(=O)O. The number of benzene rings is 1. The summed E-state index contributed by atoms with van der Waals surface area (Å²) in [5.41, 5.74) is 0.169. The van der Waals surface area contributed by atoms with Crippen molar-refractivity contribution in [1.29, 1.82) is 0 Å². The summed E-state index contributed by atoms with van der Waals surface area (Å²) in [6.07, 6.45) is 5.24. The molecule has 0 radical (unpaired) electrons. The van der Waals surface area contributed by atoms with Crippen LogP contribution in [0.15, 0.2) is 18.3 Å². The van der Waals surface area contributed by atoms with Gasteiger partial charge in [0.1, 0.15) is 11.3 Å². The van der Waals surface area contributed by atoms with Gasteiger partial charge in [-0.2, -0.15) is 5.10 Å². The van der Waals surface area contributed by atoms with E-state index in [4.69, 9.17) is 4.74 Å². The third-order valence-electron chi connectivity index (χ3n) is 4.38. The second-order valence-electron chi connectivity index (χ2n) is 6.27. The van der Waals surface area contributed by atoms with Crippen LogP contribution in [0, 0.1) is 0 Å². The number of carboxylic acid groups (broad SMARTS) is 1. The van der Waals surface area contributed by atoms with E-state index in [9.17, 15) is 15.0 Å². The molecule has 0 saturated heterocycles. The van der Waals surface area contributed by atoms with Crippen LogP contribution in [0.3, 0.4) is 0 Å². The molecule has 2 aromatic rings. The summed E-state index contributed by atoms with van der Waals surface area (Å²) in [4.78, 5) is 11.3. The number of carbonyl (C=O) groups is 1. The van der Waals surface area contributed by atoms with E-state index in [2.05, 4.69) is 5.10 Å². The Morgan fingerprint density at radius 3 is 2.91 bits per heavy atom. The highest BCUT2D eigenvalue weighted by molar-refractivity contribution is 5.96. The molecule has 1 fully saturated rings. The van der Waals surface area contributed by atoms with Gasteiger partial charge in [0, 0.05) is 17.6 Å². The fraction of sp³-hybridized carbons (Fsp3) is 0.500. The summed E-state index contributed by atoms with van der Waals surface area (Å²) in [5.74, 6) is -0.715. The molecule has 6 nitrogen and oxygen atoms in total. The molecule has 2 atom stereocenters. The average molecular weight is 304 g/mol. The predicted molar refractivity (Wildman–Crippen MR) is 81.4 cm³/mol. The van der Waals surface area contributed by atoms with Crippen molar-refractivity contribution in [1.82, 2.24) is 9.78 Å². The highest BCUT2D eigenvalue weighted by Gasteiger charge is 2.31. The Kier molecular flexibility index (Phi) is 3.56. The van der Waals surface area contributed by atoms with Crippen LogP contribution < -0.4 is 4.74 Å². The van der Waals surface area contributed by atoms with Gasteiger partial charge in [0.25, 0.3) is 0 Å². The van der Waals surface area contributed by atoms with E-state index in [0.717, 1.165) is 24.6 Å². The van der Waals surface area contributed by atoms with E-state index in [1.165, 1.54) is 7.11 Å². The van der Waals surface area contributed by atoms with Gasteiger partial charge >= 0.3 is 5.97 Å². The van der Waals surface area contributed by atoms with Crippen LogP contribution in [0.25, 0.3) is 10.9 Å². The van der Waals surface area contributed by atoms with Crippen molar-refractivity contribution in [3.8, 4) is 5.75 Å². The molecular weight excluding hydrogens is 284 g/mol. The first-order valence-electron chi connectivity index (χ1n) is 7.42. The van der Waals surface area contributed by atoms with Gasteiger partial charge in [0.15, 0.2) is 0 Å². The van der Waals surface area contributed by atoms with Crippen LogP contribution in [-0.2, 0) is 0 Å². The number of aromatic nitrogens is 2. The maximum absolute atomic E-state index is 11.3. The minimum atomic E-state index is -1.02. The Morgan fingerprint density at radius 2 is 2.27 bits per heavy atom. The van der Waals surface area contributed by atoms with E-state index in [1.54, 1.807) is 12.1 Å². The van der Waals surface area contributed by atoms with Gasteiger partial charge in [0.2, 0.25) is 0 Å². The van der Waals surface area contributed by atoms with Crippen molar-refractivity contribution in [3.63, 3.8) is 0 Å². The predicted octanol–water partition coefficient (Wildman–Crippen LogP) is 2.61. The Hall–Kier alpha value is -2.08. The molecule has 1 aromatic heterocycles. The summed E-state index contributed by atoms with van der Waals surface area (Å²) in [7, 11) is 1.45. The van der Waals surface area contributed by atoms with Crippen molar-refractivity contribution in [2.75, 3.05) is 7.11 Å². The highest BCUT2D eigenvalue weighted by atomic mass is 16.5. The summed E-state index contributed by atoms with van der Waals surface area (Å²) >= 11 is 0. The van der Waals surface area contributed by atoms with E-state index in [1.807, 2.05) is 17.8 Å². The molecule has 0 aliphatic heterocycles. The fourth-order valence-corrected chi connectivity index (χ4v) is 3.25. The topological polar surface area (TPSA) is 84.6 Å². The number of hydrogen-bond acceptors (Lipinski definition) is 4. The zero-order valence-corrected chi connectivity index (χ0v) is 12.7. The maximum Gasteiger partial charge on any atom is 0.339 e. The van der Waals surface area contributed by atoms with Gasteiger partial charge in [-0.1, -0.05) is 0 Å². The van der Waals surface area contributed by atoms with Gasteiger partial charge in [-0.05, 0) is 38.7 Å². The number of carboxylic acids is 1. The lowest BCUT2D eigenvalue weighted by Gasteiger charge is -2.33. The second-order valence-corrected chi connectivity index (χ2v) is 6.27. The van der Waals surface area contributed by atoms with E-state index in [-0.39, 0.29) is 11.6 Å². The minimum absolute atomic E-state index is 0.130. The number of ether oxygens (including phenoxy) is 1. The number of aliphatic hydroxyl groups is 1. The Morgan fingerprint density at radius 1 is 1.50 bits per heavy atom. The average Bonchev–Trinajstić information content (AvgIpc) is 2.87. The molecule has 3 rings (SSSR count). The largest absolute Gasteiger partial charge is 0.496 e. The molecule has 2 N–H and O–H groups in total. The smallest absolute Gasteiger partial charge is 0.339 e. The van der Waals surface area contributed by atoms with Crippen LogP contribution >= 0.6 is 0 Å². The lowest BCUT2D eigenvalue weighted by Crippen LogP contribution is -2.33. The van der Waals surface area contributed by atoms with Crippen LogP contribution in [0.2, 0.25) is 0 Å². The highest BCUT2D eigenvalue weighted by Crippen LogP contribution is 2.36. The van der Waals surface area contributed by atoms with E-state index in [0.29, 0.717) is 17.7 Å². The van der Waals surface area contributed by atoms with Crippen molar-refractivity contribution < 1.29 is 19.7 Å². The first-order valence-corrected chi connectivity index (χ1v) is 7.42. The molecule has 1 aliphatic carbocycles. The van der Waals surface area contributed by atoms with Crippen molar-refractivity contribution in [2.45, 2.75) is 44.2 Å². The van der Waals surface area contributed by atoms with Gasteiger partial charge in [0.05, 0.1) is 24.3 Å². The minimum Gasteiger partial charge on any atom is -0.496 e. The van der Waals surface area contributed by atoms with Crippen LogP contribution in [0.4, 0.5) is 0 Å². The molecule has 1 unspecified atom stereocenters. The first-order chi connectivity index (χ1) is 10.4. The molecule has 1 aliphatic rings. The molecule has 6 heteroatoms. The van der Waals surface area contributed by atoms with E-state index >= 15 is 0 Å². The number of hydrogen-bond donors (Lipinski definition) is 2. The number of rotatable bonds is 3. The summed E-state index contributed by atoms with van der Waals surface area (Å²) in [6, 6.07) is 3.37. The van der Waals surface area contributed by atoms with Gasteiger partial charge in [-0.3, -0.25) is 4.68 Å². The van der Waals surface area contributed by atoms with Gasteiger partial charge in [-0.25, -0.2) is 4.79 Å². The number of aromatic carboxylic acids is 1. The molecule has 1 aromatic carbocycles. The van der Waals surface area contributed by atoms with Crippen LogP contribution in [-0.4, -0.2) is 38.7 Å². The monoisotopic (exact) mass is 304 g/mol.